The Morgan fingerprint density at radius 1 is 1.36 bits per heavy atom. The number of halogens is 1. The quantitative estimate of drug-likeness (QED) is 0.281. The van der Waals surface area contributed by atoms with Crippen LogP contribution in [0.5, 0.6) is 0 Å². The molecule has 3 unspecified atom stereocenters. The Morgan fingerprint density at radius 2 is 2.05 bits per heavy atom. The molecule has 0 aliphatic heterocycles. The molecule has 0 radical (unpaired) electrons. The maximum absolute atomic E-state index is 13.7. The molecule has 0 aromatic carbocycles. The summed E-state index contributed by atoms with van der Waals surface area (Å²) in [5.41, 5.74) is 0. The second kappa shape index (κ2) is 10.1. The Morgan fingerprint density at radius 3 is 2.64 bits per heavy atom. The summed E-state index contributed by atoms with van der Waals surface area (Å²) in [5.74, 6) is -0.853. The number of rotatable bonds is 9. The molecule has 1 saturated carbocycles. The van der Waals surface area contributed by atoms with E-state index in [1.54, 1.807) is 0 Å². The second-order valence-corrected chi connectivity index (χ2v) is 6.20. The van der Waals surface area contributed by atoms with Gasteiger partial charge in [-0.15, -0.1) is 0 Å². The van der Waals surface area contributed by atoms with Crippen LogP contribution >= 0.6 is 9.47 Å². The number of aldehydes is 1. The molecular weight excluding hydrogens is 306 g/mol. The van der Waals surface area contributed by atoms with Crippen LogP contribution in [0.15, 0.2) is 12.2 Å². The zero-order valence-electron chi connectivity index (χ0n) is 13.2. The first kappa shape index (κ1) is 19.2. The van der Waals surface area contributed by atoms with Gasteiger partial charge in [-0.2, -0.15) is 0 Å². The van der Waals surface area contributed by atoms with Crippen LogP contribution in [0.1, 0.15) is 46.0 Å². The van der Waals surface area contributed by atoms with E-state index in [2.05, 4.69) is 9.47 Å². The standard InChI is InChI=1S/C16H26FO4P/c1-11(2)20-16(19)8-6-4-3-5-7-12-13(10-18)14(17)9-15(12)21-22/h3-4,10-15H,5-9,22H2,1-2H3/b4-3-/t12-,13-,14?,15?/m1/s1. The third-order valence-electron chi connectivity index (χ3n) is 3.89. The molecule has 0 aromatic rings. The summed E-state index contributed by atoms with van der Waals surface area (Å²) >= 11 is 0. The summed E-state index contributed by atoms with van der Waals surface area (Å²) in [4.78, 5) is 22.4. The van der Waals surface area contributed by atoms with Gasteiger partial charge in [-0.3, -0.25) is 4.79 Å². The lowest BCUT2D eigenvalue weighted by Crippen LogP contribution is -2.22. The van der Waals surface area contributed by atoms with Crippen LogP contribution in [0.4, 0.5) is 4.39 Å². The molecule has 0 saturated heterocycles. The zero-order chi connectivity index (χ0) is 16.5. The van der Waals surface area contributed by atoms with Crippen LogP contribution in [0, 0.1) is 11.8 Å². The van der Waals surface area contributed by atoms with E-state index in [9.17, 15) is 14.0 Å². The van der Waals surface area contributed by atoms with Crippen molar-refractivity contribution in [2.45, 2.75) is 64.3 Å². The summed E-state index contributed by atoms with van der Waals surface area (Å²) in [6.07, 6.45) is 5.91. The molecule has 1 fully saturated rings. The first-order valence-corrected chi connectivity index (χ1v) is 8.26. The molecule has 0 spiro atoms. The maximum atomic E-state index is 13.7. The first-order chi connectivity index (χ1) is 10.5. The van der Waals surface area contributed by atoms with E-state index in [-0.39, 0.29) is 30.5 Å². The van der Waals surface area contributed by atoms with E-state index in [0.29, 0.717) is 25.5 Å². The van der Waals surface area contributed by atoms with Gasteiger partial charge < -0.3 is 14.1 Å². The van der Waals surface area contributed by atoms with Gasteiger partial charge in [0.25, 0.3) is 0 Å². The van der Waals surface area contributed by atoms with Crippen LogP contribution in [0.3, 0.4) is 0 Å². The van der Waals surface area contributed by atoms with Gasteiger partial charge in [0, 0.05) is 22.3 Å². The maximum Gasteiger partial charge on any atom is 0.306 e. The molecule has 126 valence electrons. The molecule has 1 rings (SSSR count). The zero-order valence-corrected chi connectivity index (χ0v) is 14.4. The molecular formula is C16H26FO4P. The van der Waals surface area contributed by atoms with E-state index in [0.717, 1.165) is 6.42 Å². The van der Waals surface area contributed by atoms with Crippen LogP contribution in [-0.4, -0.2) is 30.6 Å². The van der Waals surface area contributed by atoms with E-state index in [1.807, 2.05) is 26.0 Å². The Labute approximate surface area is 134 Å². The number of allylic oxidation sites excluding steroid dienone is 2. The highest BCUT2D eigenvalue weighted by Gasteiger charge is 2.43. The van der Waals surface area contributed by atoms with Gasteiger partial charge in [-0.1, -0.05) is 12.2 Å². The van der Waals surface area contributed by atoms with Crippen LogP contribution in [-0.2, 0) is 18.8 Å². The molecule has 0 heterocycles. The monoisotopic (exact) mass is 332 g/mol. The minimum absolute atomic E-state index is 0.0828. The number of carbonyl (C=O) groups is 2. The van der Waals surface area contributed by atoms with Crippen LogP contribution in [0.25, 0.3) is 0 Å². The fourth-order valence-electron chi connectivity index (χ4n) is 2.84. The molecule has 1 aliphatic rings. The van der Waals surface area contributed by atoms with Gasteiger partial charge in [-0.25, -0.2) is 4.39 Å². The Balaban J connectivity index is 2.29. The smallest absolute Gasteiger partial charge is 0.306 e. The van der Waals surface area contributed by atoms with Gasteiger partial charge in [0.1, 0.15) is 12.5 Å². The van der Waals surface area contributed by atoms with E-state index >= 15 is 0 Å². The van der Waals surface area contributed by atoms with Gasteiger partial charge >= 0.3 is 5.97 Å². The van der Waals surface area contributed by atoms with E-state index in [1.165, 1.54) is 0 Å². The van der Waals surface area contributed by atoms with Crippen molar-refractivity contribution in [3.05, 3.63) is 12.2 Å². The Kier molecular flexibility index (Phi) is 8.81. The van der Waals surface area contributed by atoms with Crippen LogP contribution < -0.4 is 0 Å². The normalized spacial score (nSPS) is 28.4. The average Bonchev–Trinajstić information content (AvgIpc) is 2.77. The van der Waals surface area contributed by atoms with Crippen molar-refractivity contribution in [3.8, 4) is 0 Å². The molecule has 22 heavy (non-hydrogen) atoms. The van der Waals surface area contributed by atoms with Crippen molar-refractivity contribution < 1.29 is 23.2 Å². The van der Waals surface area contributed by atoms with Crippen molar-refractivity contribution in [1.29, 1.82) is 0 Å². The summed E-state index contributed by atoms with van der Waals surface area (Å²) in [5, 5.41) is 0. The summed E-state index contributed by atoms with van der Waals surface area (Å²) in [6.45, 7) is 3.64. The van der Waals surface area contributed by atoms with Crippen molar-refractivity contribution in [2.75, 3.05) is 0 Å². The summed E-state index contributed by atoms with van der Waals surface area (Å²) in [7, 11) is 2.17. The number of hydrogen-bond donors (Lipinski definition) is 0. The lowest BCUT2D eigenvalue weighted by Gasteiger charge is -2.19. The molecule has 0 amide bonds. The SMILES string of the molecule is CC(C)OC(=O)CC/C=C\CC[C@H]1C(OP)CC(F)[C@@H]1C=O. The van der Waals surface area contributed by atoms with Gasteiger partial charge in [0.05, 0.1) is 18.1 Å². The average molecular weight is 332 g/mol. The minimum Gasteiger partial charge on any atom is -0.463 e. The number of carbonyl (C=O) groups excluding carboxylic acids is 2. The first-order valence-electron chi connectivity index (χ1n) is 7.79. The Hall–Kier alpha value is -0.800. The summed E-state index contributed by atoms with van der Waals surface area (Å²) < 4.78 is 23.9. The van der Waals surface area contributed by atoms with Crippen molar-refractivity contribution in [1.82, 2.24) is 0 Å². The van der Waals surface area contributed by atoms with E-state index < -0.39 is 12.1 Å². The van der Waals surface area contributed by atoms with E-state index in [4.69, 9.17) is 9.26 Å². The third kappa shape index (κ3) is 6.13. The highest BCUT2D eigenvalue weighted by Crippen LogP contribution is 2.39. The minimum atomic E-state index is -1.11. The molecule has 5 atom stereocenters. The molecule has 6 heteroatoms. The molecule has 1 aliphatic carbocycles. The van der Waals surface area contributed by atoms with Gasteiger partial charge in [0.2, 0.25) is 0 Å². The van der Waals surface area contributed by atoms with Gasteiger partial charge in [0.15, 0.2) is 0 Å². The summed E-state index contributed by atoms with van der Waals surface area (Å²) in [6, 6.07) is 0. The number of hydrogen-bond acceptors (Lipinski definition) is 4. The lowest BCUT2D eigenvalue weighted by molar-refractivity contribution is -0.147. The van der Waals surface area contributed by atoms with Crippen LogP contribution in [0.2, 0.25) is 0 Å². The fourth-order valence-corrected chi connectivity index (χ4v) is 3.15. The van der Waals surface area contributed by atoms with Gasteiger partial charge in [-0.05, 0) is 39.0 Å². The largest absolute Gasteiger partial charge is 0.463 e. The number of alkyl halides is 1. The number of esters is 1. The Bertz CT molecular complexity index is 386. The highest BCUT2D eigenvalue weighted by atomic mass is 31.0. The highest BCUT2D eigenvalue weighted by molar-refractivity contribution is 7.09. The van der Waals surface area contributed by atoms with Crippen molar-refractivity contribution in [2.24, 2.45) is 11.8 Å². The molecule has 0 aromatic heterocycles. The lowest BCUT2D eigenvalue weighted by atomic mass is 9.91. The second-order valence-electron chi connectivity index (χ2n) is 5.93. The topological polar surface area (TPSA) is 52.6 Å². The molecule has 4 nitrogen and oxygen atoms in total. The molecule has 0 bridgehead atoms. The van der Waals surface area contributed by atoms with Crippen molar-refractivity contribution >= 4 is 21.7 Å². The third-order valence-corrected chi connectivity index (χ3v) is 4.24. The predicted molar refractivity (Wildman–Crippen MR) is 86.0 cm³/mol. The number of ether oxygens (including phenoxy) is 1. The fraction of sp³-hybridized carbons (Fsp3) is 0.750. The molecule has 0 N–H and O–H groups in total. The predicted octanol–water partition coefficient (Wildman–Crippen LogP) is 3.40. The van der Waals surface area contributed by atoms with Crippen molar-refractivity contribution in [3.63, 3.8) is 0 Å².